The van der Waals surface area contributed by atoms with Crippen molar-refractivity contribution < 1.29 is 14.3 Å². The number of para-hydroxylation sites is 2. The number of carbonyl (C=O) groups excluding carboxylic acids is 1. The number of ketones is 1. The fourth-order valence-electron chi connectivity index (χ4n) is 4.64. The first-order valence-corrected chi connectivity index (χ1v) is 12.2. The first kappa shape index (κ1) is 22.8. The molecular formula is C27H36N2O3. The van der Waals surface area contributed by atoms with Gasteiger partial charge < -0.3 is 9.47 Å². The predicted octanol–water partition coefficient (Wildman–Crippen LogP) is 4.65. The number of likely N-dealkylation sites (tertiary alicyclic amines) is 2. The third-order valence-electron chi connectivity index (χ3n) is 6.49. The van der Waals surface area contributed by atoms with Gasteiger partial charge in [0.2, 0.25) is 0 Å². The van der Waals surface area contributed by atoms with E-state index in [-0.39, 0.29) is 5.78 Å². The van der Waals surface area contributed by atoms with Crippen molar-refractivity contribution in [3.05, 3.63) is 59.7 Å². The molecule has 5 nitrogen and oxygen atoms in total. The van der Waals surface area contributed by atoms with E-state index >= 15 is 0 Å². The SMILES string of the molecule is O=C(c1ccccc1OCCN1CCCCC1)c1ccccc1OCCN1CCCCC1. The standard InChI is InChI=1S/C27H36N2O3/c30-27(23-11-3-5-13-25(23)31-21-19-28-15-7-1-8-16-28)24-12-4-6-14-26(24)32-22-20-29-17-9-2-10-18-29/h3-6,11-14H,1-2,7-10,15-22H2. The Labute approximate surface area is 192 Å². The summed E-state index contributed by atoms with van der Waals surface area (Å²) in [6, 6.07) is 15.1. The molecule has 0 aromatic heterocycles. The molecule has 2 fully saturated rings. The summed E-state index contributed by atoms with van der Waals surface area (Å²) in [6.07, 6.45) is 7.73. The second-order valence-corrected chi connectivity index (χ2v) is 8.82. The molecule has 0 spiro atoms. The normalized spacial score (nSPS) is 17.8. The van der Waals surface area contributed by atoms with Crippen molar-refractivity contribution in [2.75, 3.05) is 52.5 Å². The fraction of sp³-hybridized carbons (Fsp3) is 0.519. The molecule has 2 aliphatic heterocycles. The Morgan fingerprint density at radius 3 is 1.47 bits per heavy atom. The molecular weight excluding hydrogens is 400 g/mol. The molecule has 0 saturated carbocycles. The van der Waals surface area contributed by atoms with Crippen molar-refractivity contribution in [3.63, 3.8) is 0 Å². The van der Waals surface area contributed by atoms with Crippen LogP contribution in [0.2, 0.25) is 0 Å². The van der Waals surface area contributed by atoms with Crippen LogP contribution in [-0.4, -0.2) is 68.1 Å². The topological polar surface area (TPSA) is 42.0 Å². The molecule has 0 bridgehead atoms. The van der Waals surface area contributed by atoms with Crippen LogP contribution in [0.1, 0.15) is 54.4 Å². The van der Waals surface area contributed by atoms with Crippen molar-refractivity contribution >= 4 is 5.78 Å². The summed E-state index contributed by atoms with van der Waals surface area (Å²) >= 11 is 0. The summed E-state index contributed by atoms with van der Waals surface area (Å²) in [5.41, 5.74) is 1.19. The van der Waals surface area contributed by atoms with Gasteiger partial charge in [0, 0.05) is 13.1 Å². The van der Waals surface area contributed by atoms with Gasteiger partial charge in [-0.05, 0) is 76.1 Å². The van der Waals surface area contributed by atoms with E-state index in [0.29, 0.717) is 35.8 Å². The summed E-state index contributed by atoms with van der Waals surface area (Å²) in [5, 5.41) is 0. The number of piperidine rings is 2. The molecule has 32 heavy (non-hydrogen) atoms. The average Bonchev–Trinajstić information content (AvgIpc) is 2.86. The molecule has 4 rings (SSSR count). The zero-order valence-electron chi connectivity index (χ0n) is 19.1. The van der Waals surface area contributed by atoms with E-state index in [1.807, 2.05) is 48.5 Å². The Morgan fingerprint density at radius 1 is 0.625 bits per heavy atom. The Bertz CT molecular complexity index is 788. The van der Waals surface area contributed by atoms with Crippen molar-refractivity contribution in [2.24, 2.45) is 0 Å². The van der Waals surface area contributed by atoms with Crippen LogP contribution in [0.5, 0.6) is 11.5 Å². The molecule has 0 unspecified atom stereocenters. The van der Waals surface area contributed by atoms with Crippen LogP contribution < -0.4 is 9.47 Å². The summed E-state index contributed by atoms with van der Waals surface area (Å²) in [4.78, 5) is 18.3. The van der Waals surface area contributed by atoms with Gasteiger partial charge in [0.1, 0.15) is 24.7 Å². The van der Waals surface area contributed by atoms with Crippen LogP contribution in [0.4, 0.5) is 0 Å². The minimum atomic E-state index is -0.0489. The molecule has 0 radical (unpaired) electrons. The number of benzene rings is 2. The smallest absolute Gasteiger partial charge is 0.200 e. The molecule has 2 aliphatic rings. The molecule has 0 atom stereocenters. The molecule has 2 aromatic carbocycles. The third kappa shape index (κ3) is 6.33. The lowest BCUT2D eigenvalue weighted by atomic mass is 10.0. The lowest BCUT2D eigenvalue weighted by Crippen LogP contribution is -2.33. The fourth-order valence-corrected chi connectivity index (χ4v) is 4.64. The Morgan fingerprint density at radius 2 is 1.03 bits per heavy atom. The first-order chi connectivity index (χ1) is 15.8. The lowest BCUT2D eigenvalue weighted by Gasteiger charge is -2.26. The van der Waals surface area contributed by atoms with Crippen molar-refractivity contribution in [2.45, 2.75) is 38.5 Å². The van der Waals surface area contributed by atoms with E-state index < -0.39 is 0 Å². The van der Waals surface area contributed by atoms with Crippen molar-refractivity contribution in [1.82, 2.24) is 9.80 Å². The maximum atomic E-state index is 13.4. The predicted molar refractivity (Wildman–Crippen MR) is 128 cm³/mol. The van der Waals surface area contributed by atoms with Gasteiger partial charge in [-0.3, -0.25) is 14.6 Å². The highest BCUT2D eigenvalue weighted by Gasteiger charge is 2.19. The van der Waals surface area contributed by atoms with E-state index in [2.05, 4.69) is 9.80 Å². The van der Waals surface area contributed by atoms with Gasteiger partial charge in [-0.25, -0.2) is 0 Å². The maximum Gasteiger partial charge on any atom is 0.200 e. The van der Waals surface area contributed by atoms with Crippen LogP contribution >= 0.6 is 0 Å². The van der Waals surface area contributed by atoms with Crippen molar-refractivity contribution in [1.29, 1.82) is 0 Å². The summed E-state index contributed by atoms with van der Waals surface area (Å²) in [6.45, 7) is 7.57. The van der Waals surface area contributed by atoms with Crippen LogP contribution in [0.15, 0.2) is 48.5 Å². The third-order valence-corrected chi connectivity index (χ3v) is 6.49. The highest BCUT2D eigenvalue weighted by molar-refractivity contribution is 6.12. The molecule has 2 aromatic rings. The molecule has 0 aliphatic carbocycles. The highest BCUT2D eigenvalue weighted by atomic mass is 16.5. The quantitative estimate of drug-likeness (QED) is 0.507. The molecule has 2 saturated heterocycles. The molecule has 2 heterocycles. The van der Waals surface area contributed by atoms with Gasteiger partial charge in [0.15, 0.2) is 5.78 Å². The first-order valence-electron chi connectivity index (χ1n) is 12.2. The summed E-state index contributed by atoms with van der Waals surface area (Å²) in [7, 11) is 0. The Kier molecular flexibility index (Phi) is 8.57. The van der Waals surface area contributed by atoms with Gasteiger partial charge in [-0.1, -0.05) is 37.1 Å². The molecule has 0 N–H and O–H groups in total. The maximum absolute atomic E-state index is 13.4. The van der Waals surface area contributed by atoms with Gasteiger partial charge in [0.05, 0.1) is 11.1 Å². The van der Waals surface area contributed by atoms with Crippen LogP contribution in [-0.2, 0) is 0 Å². The number of hydrogen-bond acceptors (Lipinski definition) is 5. The minimum Gasteiger partial charge on any atom is -0.491 e. The Hall–Kier alpha value is -2.37. The average molecular weight is 437 g/mol. The van der Waals surface area contributed by atoms with Gasteiger partial charge in [-0.2, -0.15) is 0 Å². The summed E-state index contributed by atoms with van der Waals surface area (Å²) < 4.78 is 12.1. The minimum absolute atomic E-state index is 0.0489. The van der Waals surface area contributed by atoms with E-state index in [1.54, 1.807) is 0 Å². The largest absolute Gasteiger partial charge is 0.491 e. The monoisotopic (exact) mass is 436 g/mol. The van der Waals surface area contributed by atoms with Gasteiger partial charge in [0.25, 0.3) is 0 Å². The lowest BCUT2D eigenvalue weighted by molar-refractivity contribution is 0.102. The Balaban J connectivity index is 1.38. The number of carbonyl (C=O) groups is 1. The van der Waals surface area contributed by atoms with Gasteiger partial charge >= 0.3 is 0 Å². The second kappa shape index (κ2) is 12.0. The van der Waals surface area contributed by atoms with E-state index in [9.17, 15) is 4.79 Å². The number of nitrogens with zero attached hydrogens (tertiary/aromatic N) is 2. The highest BCUT2D eigenvalue weighted by Crippen LogP contribution is 2.27. The van der Waals surface area contributed by atoms with Crippen LogP contribution in [0.25, 0.3) is 0 Å². The van der Waals surface area contributed by atoms with Crippen LogP contribution in [0, 0.1) is 0 Å². The van der Waals surface area contributed by atoms with Crippen LogP contribution in [0.3, 0.4) is 0 Å². The molecule has 5 heteroatoms. The zero-order chi connectivity index (χ0) is 22.0. The van der Waals surface area contributed by atoms with E-state index in [1.165, 1.54) is 38.5 Å². The van der Waals surface area contributed by atoms with E-state index in [4.69, 9.17) is 9.47 Å². The molecule has 172 valence electrons. The number of rotatable bonds is 10. The van der Waals surface area contributed by atoms with Gasteiger partial charge in [-0.15, -0.1) is 0 Å². The van der Waals surface area contributed by atoms with E-state index in [0.717, 1.165) is 39.3 Å². The summed E-state index contributed by atoms with van der Waals surface area (Å²) in [5.74, 6) is 1.25. The number of hydrogen-bond donors (Lipinski definition) is 0. The second-order valence-electron chi connectivity index (χ2n) is 8.82. The van der Waals surface area contributed by atoms with Crippen molar-refractivity contribution in [3.8, 4) is 11.5 Å². The molecule has 0 amide bonds. The zero-order valence-corrected chi connectivity index (χ0v) is 19.1. The number of ether oxygens (including phenoxy) is 2.